The van der Waals surface area contributed by atoms with Crippen LogP contribution in [0.15, 0.2) is 24.3 Å². The standard InChI is InChI=1S/C16H20FNO2/c1-9(10-3-2-4-13(17)8-10)18-15-12-6-5-11(7-12)14(15)16(19)20/h2-4,8-9,11-12,14-15,18H,5-7H2,1H3,(H,19,20). The first-order valence-electron chi connectivity index (χ1n) is 7.30. The van der Waals surface area contributed by atoms with Gasteiger partial charge < -0.3 is 10.4 Å². The van der Waals surface area contributed by atoms with Gasteiger partial charge in [0.1, 0.15) is 5.82 Å². The Balaban J connectivity index is 1.75. The molecule has 2 fully saturated rings. The predicted octanol–water partition coefficient (Wildman–Crippen LogP) is 2.98. The minimum atomic E-state index is -0.693. The maximum absolute atomic E-state index is 13.3. The van der Waals surface area contributed by atoms with Gasteiger partial charge in [-0.1, -0.05) is 12.1 Å². The van der Waals surface area contributed by atoms with Crippen molar-refractivity contribution >= 4 is 5.97 Å². The van der Waals surface area contributed by atoms with E-state index in [0.29, 0.717) is 11.8 Å². The first kappa shape index (κ1) is 13.6. The molecular weight excluding hydrogens is 257 g/mol. The van der Waals surface area contributed by atoms with Gasteiger partial charge in [-0.25, -0.2) is 4.39 Å². The Bertz CT molecular complexity index is 519. The molecule has 20 heavy (non-hydrogen) atoms. The summed E-state index contributed by atoms with van der Waals surface area (Å²) in [5, 5.41) is 12.9. The number of benzene rings is 1. The van der Waals surface area contributed by atoms with Crippen molar-refractivity contribution in [1.29, 1.82) is 0 Å². The zero-order valence-corrected chi connectivity index (χ0v) is 11.6. The molecule has 5 unspecified atom stereocenters. The fraction of sp³-hybridized carbons (Fsp3) is 0.562. The van der Waals surface area contributed by atoms with E-state index < -0.39 is 5.97 Å². The van der Waals surface area contributed by atoms with Crippen LogP contribution in [0.5, 0.6) is 0 Å². The van der Waals surface area contributed by atoms with Crippen molar-refractivity contribution in [1.82, 2.24) is 5.32 Å². The molecule has 2 aliphatic carbocycles. The summed E-state index contributed by atoms with van der Waals surface area (Å²) in [5.41, 5.74) is 0.872. The zero-order chi connectivity index (χ0) is 14.3. The predicted molar refractivity (Wildman–Crippen MR) is 73.7 cm³/mol. The summed E-state index contributed by atoms with van der Waals surface area (Å²) in [6.07, 6.45) is 3.17. The van der Waals surface area contributed by atoms with Gasteiger partial charge in [0.15, 0.2) is 0 Å². The molecule has 1 aromatic carbocycles. The van der Waals surface area contributed by atoms with E-state index in [0.717, 1.165) is 24.8 Å². The van der Waals surface area contributed by atoms with Crippen LogP contribution in [0.3, 0.4) is 0 Å². The van der Waals surface area contributed by atoms with Gasteiger partial charge in [0.25, 0.3) is 0 Å². The normalized spacial score (nSPS) is 33.3. The Morgan fingerprint density at radius 2 is 2.15 bits per heavy atom. The molecule has 1 aromatic rings. The summed E-state index contributed by atoms with van der Waals surface area (Å²) in [4.78, 5) is 11.5. The molecule has 4 heteroatoms. The van der Waals surface area contributed by atoms with Crippen molar-refractivity contribution in [2.45, 2.75) is 38.3 Å². The van der Waals surface area contributed by atoms with Crippen molar-refractivity contribution in [3.05, 3.63) is 35.6 Å². The van der Waals surface area contributed by atoms with Gasteiger partial charge >= 0.3 is 5.97 Å². The van der Waals surface area contributed by atoms with Gasteiger partial charge in [0, 0.05) is 12.1 Å². The van der Waals surface area contributed by atoms with Gasteiger partial charge in [-0.05, 0) is 55.7 Å². The third kappa shape index (κ3) is 2.33. The molecule has 0 heterocycles. The molecule has 3 nitrogen and oxygen atoms in total. The molecule has 2 aliphatic rings. The third-order valence-corrected chi connectivity index (χ3v) is 4.99. The fourth-order valence-corrected chi connectivity index (χ4v) is 4.05. The summed E-state index contributed by atoms with van der Waals surface area (Å²) in [7, 11) is 0. The highest BCUT2D eigenvalue weighted by Gasteiger charge is 2.51. The van der Waals surface area contributed by atoms with E-state index in [9.17, 15) is 14.3 Å². The minimum absolute atomic E-state index is 0.0181. The lowest BCUT2D eigenvalue weighted by Gasteiger charge is -2.31. The number of aliphatic carboxylic acids is 1. The van der Waals surface area contributed by atoms with Crippen molar-refractivity contribution in [2.75, 3.05) is 0 Å². The summed E-state index contributed by atoms with van der Waals surface area (Å²) < 4.78 is 13.3. The number of fused-ring (bicyclic) bond motifs is 2. The van der Waals surface area contributed by atoms with Crippen LogP contribution < -0.4 is 5.32 Å². The molecule has 5 atom stereocenters. The fourth-order valence-electron chi connectivity index (χ4n) is 4.05. The lowest BCUT2D eigenvalue weighted by Crippen LogP contribution is -2.45. The van der Waals surface area contributed by atoms with Gasteiger partial charge in [-0.3, -0.25) is 4.79 Å². The molecule has 0 radical (unpaired) electrons. The van der Waals surface area contributed by atoms with Crippen molar-refractivity contribution in [2.24, 2.45) is 17.8 Å². The van der Waals surface area contributed by atoms with Gasteiger partial charge in [0.05, 0.1) is 5.92 Å². The van der Waals surface area contributed by atoms with Crippen LogP contribution in [-0.2, 0) is 4.79 Å². The largest absolute Gasteiger partial charge is 0.481 e. The average molecular weight is 277 g/mol. The number of halogens is 1. The van der Waals surface area contributed by atoms with Gasteiger partial charge in [-0.15, -0.1) is 0 Å². The number of hydrogen-bond donors (Lipinski definition) is 2. The van der Waals surface area contributed by atoms with E-state index in [4.69, 9.17) is 0 Å². The molecule has 0 aliphatic heterocycles. The highest BCUT2D eigenvalue weighted by molar-refractivity contribution is 5.72. The van der Waals surface area contributed by atoms with Gasteiger partial charge in [0.2, 0.25) is 0 Å². The summed E-state index contributed by atoms with van der Waals surface area (Å²) >= 11 is 0. The molecule has 0 amide bonds. The summed E-state index contributed by atoms with van der Waals surface area (Å²) in [6.45, 7) is 1.97. The SMILES string of the molecule is CC(NC1C2CCC(C2)C1C(=O)O)c1cccc(F)c1. The first-order chi connectivity index (χ1) is 9.56. The van der Waals surface area contributed by atoms with E-state index in [1.807, 2.05) is 13.0 Å². The third-order valence-electron chi connectivity index (χ3n) is 4.99. The van der Waals surface area contributed by atoms with Crippen LogP contribution in [0.1, 0.15) is 37.8 Å². The van der Waals surface area contributed by atoms with Crippen molar-refractivity contribution < 1.29 is 14.3 Å². The second-order valence-electron chi connectivity index (χ2n) is 6.17. The highest BCUT2D eigenvalue weighted by atomic mass is 19.1. The number of carboxylic acids is 1. The van der Waals surface area contributed by atoms with Crippen molar-refractivity contribution in [3.8, 4) is 0 Å². The monoisotopic (exact) mass is 277 g/mol. The minimum Gasteiger partial charge on any atom is -0.481 e. The molecule has 0 aromatic heterocycles. The number of carbonyl (C=O) groups is 1. The van der Waals surface area contributed by atoms with Crippen LogP contribution in [0, 0.1) is 23.6 Å². The molecule has 0 saturated heterocycles. The van der Waals surface area contributed by atoms with E-state index in [2.05, 4.69) is 5.32 Å². The van der Waals surface area contributed by atoms with Crippen molar-refractivity contribution in [3.63, 3.8) is 0 Å². The Morgan fingerprint density at radius 1 is 1.40 bits per heavy atom. The number of hydrogen-bond acceptors (Lipinski definition) is 2. The van der Waals surface area contributed by atoms with Crippen LogP contribution in [0.2, 0.25) is 0 Å². The van der Waals surface area contributed by atoms with E-state index in [1.165, 1.54) is 12.1 Å². The average Bonchev–Trinajstić information content (AvgIpc) is 2.99. The Kier molecular flexibility index (Phi) is 3.50. The van der Waals surface area contributed by atoms with Crippen LogP contribution in [0.4, 0.5) is 4.39 Å². The second-order valence-corrected chi connectivity index (χ2v) is 6.17. The van der Waals surface area contributed by atoms with E-state index >= 15 is 0 Å². The molecule has 108 valence electrons. The first-order valence-corrected chi connectivity index (χ1v) is 7.30. The van der Waals surface area contributed by atoms with Crippen LogP contribution >= 0.6 is 0 Å². The van der Waals surface area contributed by atoms with Gasteiger partial charge in [-0.2, -0.15) is 0 Å². The maximum atomic E-state index is 13.3. The zero-order valence-electron chi connectivity index (χ0n) is 11.6. The quantitative estimate of drug-likeness (QED) is 0.889. The lowest BCUT2D eigenvalue weighted by atomic mass is 9.84. The molecule has 2 bridgehead atoms. The number of nitrogens with one attached hydrogen (secondary N) is 1. The Hall–Kier alpha value is -1.42. The second kappa shape index (κ2) is 5.17. The van der Waals surface area contributed by atoms with Crippen LogP contribution in [0.25, 0.3) is 0 Å². The summed E-state index contributed by atoms with van der Waals surface area (Å²) in [6, 6.07) is 6.50. The smallest absolute Gasteiger partial charge is 0.308 e. The molecule has 0 spiro atoms. The summed E-state index contributed by atoms with van der Waals surface area (Å²) in [5.74, 6) is -0.461. The molecule has 2 saturated carbocycles. The topological polar surface area (TPSA) is 49.3 Å². The van der Waals surface area contributed by atoms with E-state index in [1.54, 1.807) is 6.07 Å². The molecule has 3 rings (SSSR count). The molecule has 2 N–H and O–H groups in total. The Morgan fingerprint density at radius 3 is 2.85 bits per heavy atom. The number of carboxylic acid groups (broad SMARTS) is 1. The Labute approximate surface area is 118 Å². The van der Waals surface area contributed by atoms with Crippen LogP contribution in [-0.4, -0.2) is 17.1 Å². The molecular formula is C16H20FNO2. The lowest BCUT2D eigenvalue weighted by molar-refractivity contribution is -0.144. The maximum Gasteiger partial charge on any atom is 0.308 e. The van der Waals surface area contributed by atoms with E-state index in [-0.39, 0.29) is 23.8 Å². The number of rotatable bonds is 4. The highest BCUT2D eigenvalue weighted by Crippen LogP contribution is 2.49.